The predicted molar refractivity (Wildman–Crippen MR) is 101 cm³/mol. The Morgan fingerprint density at radius 2 is 1.11 bits per heavy atom. The number of carbonyl (C=O) groups excluding carboxylic acids is 3. The van der Waals surface area contributed by atoms with Crippen molar-refractivity contribution in [3.8, 4) is 0 Å². The first-order chi connectivity index (χ1) is 13.3. The molecule has 2 aliphatic rings. The van der Waals surface area contributed by atoms with Gasteiger partial charge in [-0.05, 0) is 11.1 Å². The summed E-state index contributed by atoms with van der Waals surface area (Å²) in [5.41, 5.74) is -0.0817. The van der Waals surface area contributed by atoms with Gasteiger partial charge in [-0.15, -0.1) is 0 Å². The van der Waals surface area contributed by atoms with Crippen LogP contribution in [-0.2, 0) is 23.9 Å². The maximum atomic E-state index is 13.4. The number of esters is 2. The van der Waals surface area contributed by atoms with Gasteiger partial charge in [-0.25, -0.2) is 0 Å². The number of cyclic esters (lactones) is 2. The van der Waals surface area contributed by atoms with Crippen molar-refractivity contribution in [3.63, 3.8) is 0 Å². The highest BCUT2D eigenvalue weighted by atomic mass is 16.7. The Kier molecular flexibility index (Phi) is 4.33. The van der Waals surface area contributed by atoms with E-state index < -0.39 is 35.0 Å². The van der Waals surface area contributed by atoms with E-state index in [2.05, 4.69) is 0 Å². The summed E-state index contributed by atoms with van der Waals surface area (Å²) in [5.74, 6) is -3.84. The van der Waals surface area contributed by atoms with Crippen molar-refractivity contribution < 1.29 is 23.9 Å². The summed E-state index contributed by atoms with van der Waals surface area (Å²) >= 11 is 0. The summed E-state index contributed by atoms with van der Waals surface area (Å²) in [6, 6.07) is 18.4. The molecule has 2 unspecified atom stereocenters. The van der Waals surface area contributed by atoms with Gasteiger partial charge in [0.1, 0.15) is 5.78 Å². The quantitative estimate of drug-likeness (QED) is 0.588. The van der Waals surface area contributed by atoms with E-state index in [1.54, 1.807) is 13.8 Å². The Morgan fingerprint density at radius 1 is 0.714 bits per heavy atom. The summed E-state index contributed by atoms with van der Waals surface area (Å²) < 4.78 is 11.2. The molecule has 5 heteroatoms. The molecule has 1 saturated carbocycles. The molecule has 5 nitrogen and oxygen atoms in total. The number of carbonyl (C=O) groups is 3. The highest BCUT2D eigenvalue weighted by Crippen LogP contribution is 2.57. The van der Waals surface area contributed by atoms with Gasteiger partial charge < -0.3 is 9.47 Å². The van der Waals surface area contributed by atoms with E-state index in [9.17, 15) is 14.4 Å². The molecule has 2 aromatic carbocycles. The second-order valence-electron chi connectivity index (χ2n) is 7.92. The van der Waals surface area contributed by atoms with Crippen LogP contribution < -0.4 is 0 Å². The standard InChI is InChI=1S/C23H22O5/c1-22(2)27-20(25)23(21(26)28-22)18(15-9-5-3-6-10-15)13-17(24)14-19(23)16-11-7-4-8-12-16/h3-12,18-19H,13-14H2,1-2H3. The monoisotopic (exact) mass is 378 g/mol. The SMILES string of the molecule is CC1(C)OC(=O)C2(C(=O)O1)C(c1ccccc1)CC(=O)CC2c1ccccc1. The number of Topliss-reactive ketones (excluding diaryl/α,β-unsaturated/α-hetero) is 1. The van der Waals surface area contributed by atoms with Crippen LogP contribution in [0.15, 0.2) is 60.7 Å². The van der Waals surface area contributed by atoms with Crippen LogP contribution in [0, 0.1) is 5.41 Å². The predicted octanol–water partition coefficient (Wildman–Crippen LogP) is 3.74. The molecule has 4 rings (SSSR count). The first-order valence-corrected chi connectivity index (χ1v) is 9.43. The van der Waals surface area contributed by atoms with E-state index in [1.165, 1.54) is 0 Å². The third-order valence-electron chi connectivity index (χ3n) is 5.72. The third kappa shape index (κ3) is 2.82. The van der Waals surface area contributed by atoms with Crippen LogP contribution in [0.2, 0.25) is 0 Å². The van der Waals surface area contributed by atoms with E-state index >= 15 is 0 Å². The first kappa shape index (κ1) is 18.4. The Hall–Kier alpha value is -2.95. The minimum atomic E-state index is -1.59. The first-order valence-electron chi connectivity index (χ1n) is 9.43. The molecule has 2 aromatic rings. The van der Waals surface area contributed by atoms with Gasteiger partial charge in [-0.3, -0.25) is 14.4 Å². The van der Waals surface area contributed by atoms with Crippen LogP contribution in [0.3, 0.4) is 0 Å². The van der Waals surface area contributed by atoms with Gasteiger partial charge in [-0.2, -0.15) is 0 Å². The average molecular weight is 378 g/mol. The largest absolute Gasteiger partial charge is 0.422 e. The summed E-state index contributed by atoms with van der Waals surface area (Å²) in [4.78, 5) is 39.6. The lowest BCUT2D eigenvalue weighted by atomic mass is 9.55. The second-order valence-corrected chi connectivity index (χ2v) is 7.92. The van der Waals surface area contributed by atoms with Gasteiger partial charge in [0.15, 0.2) is 5.41 Å². The van der Waals surface area contributed by atoms with Crippen molar-refractivity contribution in [2.24, 2.45) is 5.41 Å². The smallest absolute Gasteiger partial charge is 0.328 e. The van der Waals surface area contributed by atoms with Gasteiger partial charge in [-0.1, -0.05) is 60.7 Å². The number of ether oxygens (including phenoxy) is 2. The number of rotatable bonds is 2. The minimum absolute atomic E-state index is 0.0127. The Balaban J connectivity index is 1.94. The number of ketones is 1. The molecule has 0 radical (unpaired) electrons. The Labute approximate surface area is 163 Å². The molecule has 0 N–H and O–H groups in total. The molecule has 28 heavy (non-hydrogen) atoms. The number of hydrogen-bond acceptors (Lipinski definition) is 5. The van der Waals surface area contributed by atoms with Crippen molar-refractivity contribution in [3.05, 3.63) is 71.8 Å². The van der Waals surface area contributed by atoms with Gasteiger partial charge >= 0.3 is 11.9 Å². The number of benzene rings is 2. The lowest BCUT2D eigenvalue weighted by Gasteiger charge is -2.49. The van der Waals surface area contributed by atoms with E-state index in [0.29, 0.717) is 0 Å². The fourth-order valence-electron chi connectivity index (χ4n) is 4.52. The third-order valence-corrected chi connectivity index (χ3v) is 5.72. The molecular formula is C23H22O5. The molecule has 0 aromatic heterocycles. The molecule has 144 valence electrons. The molecule has 2 atom stereocenters. The summed E-state index contributed by atoms with van der Waals surface area (Å²) in [6.45, 7) is 3.08. The van der Waals surface area contributed by atoms with E-state index in [0.717, 1.165) is 11.1 Å². The van der Waals surface area contributed by atoms with Crippen LogP contribution in [0.4, 0.5) is 0 Å². The molecule has 1 saturated heterocycles. The summed E-state index contributed by atoms with van der Waals surface area (Å²) in [6.07, 6.45) is 0.190. The zero-order valence-electron chi connectivity index (χ0n) is 15.9. The summed E-state index contributed by atoms with van der Waals surface area (Å²) in [5, 5.41) is 0. The highest BCUT2D eigenvalue weighted by Gasteiger charge is 2.67. The zero-order valence-corrected chi connectivity index (χ0v) is 15.9. The van der Waals surface area contributed by atoms with Crippen molar-refractivity contribution in [2.45, 2.75) is 44.3 Å². The lowest BCUT2D eigenvalue weighted by molar-refractivity contribution is -0.256. The normalized spacial score (nSPS) is 25.9. The van der Waals surface area contributed by atoms with Gasteiger partial charge in [0.05, 0.1) is 0 Å². The maximum absolute atomic E-state index is 13.4. The topological polar surface area (TPSA) is 69.7 Å². The highest BCUT2D eigenvalue weighted by molar-refractivity contribution is 6.06. The van der Waals surface area contributed by atoms with E-state index in [1.807, 2.05) is 60.7 Å². The summed E-state index contributed by atoms with van der Waals surface area (Å²) in [7, 11) is 0. The van der Waals surface area contributed by atoms with Gasteiger partial charge in [0, 0.05) is 38.5 Å². The molecule has 0 amide bonds. The molecule has 0 bridgehead atoms. The molecular weight excluding hydrogens is 356 g/mol. The van der Waals surface area contributed by atoms with Gasteiger partial charge in [0.2, 0.25) is 0 Å². The molecule has 1 heterocycles. The van der Waals surface area contributed by atoms with Crippen LogP contribution in [0.5, 0.6) is 0 Å². The van der Waals surface area contributed by atoms with Crippen LogP contribution in [0.1, 0.15) is 49.7 Å². The molecule has 2 fully saturated rings. The maximum Gasteiger partial charge on any atom is 0.328 e. The van der Waals surface area contributed by atoms with Crippen LogP contribution in [0.25, 0.3) is 0 Å². The van der Waals surface area contributed by atoms with Crippen molar-refractivity contribution >= 4 is 17.7 Å². The second kappa shape index (κ2) is 6.59. The fourth-order valence-corrected chi connectivity index (χ4v) is 4.52. The van der Waals surface area contributed by atoms with Crippen LogP contribution >= 0.6 is 0 Å². The molecule has 1 aliphatic carbocycles. The minimum Gasteiger partial charge on any atom is -0.422 e. The number of hydrogen-bond donors (Lipinski definition) is 0. The molecule has 1 aliphatic heterocycles. The average Bonchev–Trinajstić information content (AvgIpc) is 2.67. The zero-order chi connectivity index (χ0) is 19.9. The van der Waals surface area contributed by atoms with E-state index in [-0.39, 0.29) is 18.6 Å². The Morgan fingerprint density at radius 3 is 1.50 bits per heavy atom. The van der Waals surface area contributed by atoms with Crippen LogP contribution in [-0.4, -0.2) is 23.5 Å². The molecule has 1 spiro atoms. The Bertz CT molecular complexity index is 843. The fraction of sp³-hybridized carbons (Fsp3) is 0.348. The van der Waals surface area contributed by atoms with Crippen molar-refractivity contribution in [2.75, 3.05) is 0 Å². The van der Waals surface area contributed by atoms with Gasteiger partial charge in [0.25, 0.3) is 5.79 Å². The lowest BCUT2D eigenvalue weighted by Crippen LogP contribution is -2.61. The van der Waals surface area contributed by atoms with Crippen molar-refractivity contribution in [1.29, 1.82) is 0 Å². The van der Waals surface area contributed by atoms with Crippen molar-refractivity contribution in [1.82, 2.24) is 0 Å². The van der Waals surface area contributed by atoms with E-state index in [4.69, 9.17) is 9.47 Å².